The summed E-state index contributed by atoms with van der Waals surface area (Å²) in [5.41, 5.74) is 7.65. The van der Waals surface area contributed by atoms with Crippen LogP contribution in [0, 0.1) is 13.8 Å². The lowest BCUT2D eigenvalue weighted by atomic mass is 10.1. The monoisotopic (exact) mass is 349 g/mol. The molecule has 3 heteroatoms. The normalized spacial score (nSPS) is 11.3. The van der Waals surface area contributed by atoms with Crippen LogP contribution in [0.15, 0.2) is 79.0 Å². The molecule has 0 aliphatic rings. The van der Waals surface area contributed by atoms with Gasteiger partial charge in [-0.15, -0.1) is 0 Å². The number of nitrogens with zero attached hydrogens (tertiary/aromatic N) is 3. The topological polar surface area (TPSA) is 30.7 Å². The molecule has 3 aromatic carbocycles. The van der Waals surface area contributed by atoms with E-state index in [4.69, 9.17) is 10.1 Å². The number of aromatic nitrogens is 3. The van der Waals surface area contributed by atoms with Crippen LogP contribution in [0.4, 0.5) is 0 Å². The molecule has 0 atom stereocenters. The van der Waals surface area contributed by atoms with Crippen LogP contribution in [-0.2, 0) is 0 Å². The van der Waals surface area contributed by atoms with Gasteiger partial charge >= 0.3 is 0 Å². The van der Waals surface area contributed by atoms with Crippen molar-refractivity contribution in [2.45, 2.75) is 13.8 Å². The molecule has 2 heterocycles. The number of rotatable bonds is 2. The van der Waals surface area contributed by atoms with Crippen molar-refractivity contribution in [3.05, 3.63) is 90.1 Å². The van der Waals surface area contributed by atoms with Crippen LogP contribution < -0.4 is 0 Å². The molecule has 0 aliphatic heterocycles. The zero-order chi connectivity index (χ0) is 18.4. The molecule has 27 heavy (non-hydrogen) atoms. The molecule has 130 valence electrons. The van der Waals surface area contributed by atoms with Crippen LogP contribution in [0.25, 0.3) is 38.8 Å². The Kier molecular flexibility index (Phi) is 3.54. The second kappa shape index (κ2) is 6.06. The average molecular weight is 349 g/mol. The van der Waals surface area contributed by atoms with E-state index in [1.807, 2.05) is 24.4 Å². The van der Waals surface area contributed by atoms with Gasteiger partial charge in [-0.25, -0.2) is 4.68 Å². The van der Waals surface area contributed by atoms with E-state index >= 15 is 0 Å². The van der Waals surface area contributed by atoms with Crippen molar-refractivity contribution in [3.63, 3.8) is 0 Å². The maximum Gasteiger partial charge on any atom is 0.102 e. The van der Waals surface area contributed by atoms with Gasteiger partial charge in [0.15, 0.2) is 0 Å². The van der Waals surface area contributed by atoms with Crippen molar-refractivity contribution in [2.75, 3.05) is 0 Å². The molecule has 5 aromatic rings. The van der Waals surface area contributed by atoms with Gasteiger partial charge in [0, 0.05) is 22.5 Å². The third-order valence-corrected chi connectivity index (χ3v) is 4.99. The van der Waals surface area contributed by atoms with Crippen LogP contribution in [-0.4, -0.2) is 14.8 Å². The molecule has 0 N–H and O–H groups in total. The van der Waals surface area contributed by atoms with E-state index in [1.165, 1.54) is 11.1 Å². The fourth-order valence-corrected chi connectivity index (χ4v) is 3.58. The van der Waals surface area contributed by atoms with Crippen LogP contribution in [0.5, 0.6) is 0 Å². The molecule has 0 fully saturated rings. The Morgan fingerprint density at radius 3 is 2.26 bits per heavy atom. The van der Waals surface area contributed by atoms with Crippen molar-refractivity contribution >= 4 is 21.8 Å². The summed E-state index contributed by atoms with van der Waals surface area (Å²) < 4.78 is 2.05. The molecule has 5 rings (SSSR count). The standard InChI is InChI=1S/C24H19N3/c1-16-8-11-19(12-9-16)27-24-20-13-10-17(2)14-22(20)25-15-21(24)23(26-27)18-6-4-3-5-7-18/h3-15H,1-2H3. The van der Waals surface area contributed by atoms with Crippen LogP contribution in [0.2, 0.25) is 0 Å². The summed E-state index contributed by atoms with van der Waals surface area (Å²) in [4.78, 5) is 4.72. The second-order valence-corrected chi connectivity index (χ2v) is 7.00. The molecule has 0 amide bonds. The number of aryl methyl sites for hydroxylation is 2. The van der Waals surface area contributed by atoms with Gasteiger partial charge in [0.25, 0.3) is 0 Å². The van der Waals surface area contributed by atoms with Gasteiger partial charge in [-0.2, -0.15) is 5.10 Å². The highest BCUT2D eigenvalue weighted by Gasteiger charge is 2.16. The summed E-state index contributed by atoms with van der Waals surface area (Å²) in [6.07, 6.45) is 1.96. The summed E-state index contributed by atoms with van der Waals surface area (Å²) in [5.74, 6) is 0. The van der Waals surface area contributed by atoms with Crippen molar-refractivity contribution in [1.82, 2.24) is 14.8 Å². The molecule has 0 bridgehead atoms. The maximum absolute atomic E-state index is 5.01. The summed E-state index contributed by atoms with van der Waals surface area (Å²) >= 11 is 0. The van der Waals surface area contributed by atoms with E-state index in [-0.39, 0.29) is 0 Å². The summed E-state index contributed by atoms with van der Waals surface area (Å²) in [6.45, 7) is 4.19. The first-order valence-corrected chi connectivity index (χ1v) is 9.11. The first kappa shape index (κ1) is 15.8. The summed E-state index contributed by atoms with van der Waals surface area (Å²) in [5, 5.41) is 7.20. The molecule has 0 spiro atoms. The average Bonchev–Trinajstić information content (AvgIpc) is 3.09. The SMILES string of the molecule is Cc1ccc(-n2nc(-c3ccccc3)c3cnc4cc(C)ccc4c32)cc1. The predicted molar refractivity (Wildman–Crippen MR) is 111 cm³/mol. The number of fused-ring (bicyclic) bond motifs is 3. The van der Waals surface area contributed by atoms with Crippen LogP contribution >= 0.6 is 0 Å². The zero-order valence-electron chi connectivity index (χ0n) is 15.3. The Morgan fingerprint density at radius 1 is 0.741 bits per heavy atom. The van der Waals surface area contributed by atoms with E-state index in [1.54, 1.807) is 0 Å². The van der Waals surface area contributed by atoms with Gasteiger partial charge in [0.05, 0.1) is 16.7 Å². The second-order valence-electron chi connectivity index (χ2n) is 7.00. The smallest absolute Gasteiger partial charge is 0.102 e. The van der Waals surface area contributed by atoms with Gasteiger partial charge in [-0.3, -0.25) is 4.98 Å². The van der Waals surface area contributed by atoms with Gasteiger partial charge < -0.3 is 0 Å². The van der Waals surface area contributed by atoms with E-state index in [0.717, 1.165) is 38.8 Å². The highest BCUT2D eigenvalue weighted by Crippen LogP contribution is 2.33. The van der Waals surface area contributed by atoms with Gasteiger partial charge in [0.1, 0.15) is 5.69 Å². The Labute approximate surface area is 157 Å². The molecule has 2 aromatic heterocycles. The molecular formula is C24H19N3. The molecule has 0 aliphatic carbocycles. The Hall–Kier alpha value is -3.46. The zero-order valence-corrected chi connectivity index (χ0v) is 15.3. The van der Waals surface area contributed by atoms with Gasteiger partial charge in [-0.1, -0.05) is 60.2 Å². The number of hydrogen-bond donors (Lipinski definition) is 0. The van der Waals surface area contributed by atoms with Crippen molar-refractivity contribution in [1.29, 1.82) is 0 Å². The van der Waals surface area contributed by atoms with E-state index in [2.05, 4.69) is 73.1 Å². The summed E-state index contributed by atoms with van der Waals surface area (Å²) in [6, 6.07) is 25.2. The predicted octanol–water partition coefficient (Wildman–Crippen LogP) is 5.86. The molecule has 0 saturated heterocycles. The highest BCUT2D eigenvalue weighted by molar-refractivity contribution is 6.08. The minimum absolute atomic E-state index is 0.959. The number of pyridine rings is 1. The third-order valence-electron chi connectivity index (χ3n) is 4.99. The van der Waals surface area contributed by atoms with Gasteiger partial charge in [-0.05, 0) is 37.6 Å². The number of benzene rings is 3. The van der Waals surface area contributed by atoms with E-state index in [9.17, 15) is 0 Å². The minimum Gasteiger partial charge on any atom is -0.255 e. The Balaban J connectivity index is 1.90. The molecule has 0 radical (unpaired) electrons. The van der Waals surface area contributed by atoms with Gasteiger partial charge in [0.2, 0.25) is 0 Å². The maximum atomic E-state index is 5.01. The lowest BCUT2D eigenvalue weighted by Crippen LogP contribution is -1.97. The first-order valence-electron chi connectivity index (χ1n) is 9.11. The third kappa shape index (κ3) is 2.59. The van der Waals surface area contributed by atoms with Crippen molar-refractivity contribution in [2.24, 2.45) is 0 Å². The molecule has 3 nitrogen and oxygen atoms in total. The fourth-order valence-electron chi connectivity index (χ4n) is 3.58. The quantitative estimate of drug-likeness (QED) is 0.400. The van der Waals surface area contributed by atoms with Crippen molar-refractivity contribution < 1.29 is 0 Å². The highest BCUT2D eigenvalue weighted by atomic mass is 15.3. The lowest BCUT2D eigenvalue weighted by molar-refractivity contribution is 0.917. The largest absolute Gasteiger partial charge is 0.255 e. The minimum atomic E-state index is 0.959. The molecule has 0 saturated carbocycles. The van der Waals surface area contributed by atoms with E-state index in [0.29, 0.717) is 0 Å². The molecule has 0 unspecified atom stereocenters. The van der Waals surface area contributed by atoms with E-state index < -0.39 is 0 Å². The lowest BCUT2D eigenvalue weighted by Gasteiger charge is -2.07. The van der Waals surface area contributed by atoms with Crippen LogP contribution in [0.3, 0.4) is 0 Å². The Bertz CT molecular complexity index is 1270. The summed E-state index contributed by atoms with van der Waals surface area (Å²) in [7, 11) is 0. The molecular weight excluding hydrogens is 330 g/mol. The Morgan fingerprint density at radius 2 is 1.48 bits per heavy atom. The first-order chi connectivity index (χ1) is 13.2. The fraction of sp³-hybridized carbons (Fsp3) is 0.0833. The van der Waals surface area contributed by atoms with Crippen LogP contribution in [0.1, 0.15) is 11.1 Å². The number of hydrogen-bond acceptors (Lipinski definition) is 2. The van der Waals surface area contributed by atoms with Crippen molar-refractivity contribution in [3.8, 4) is 16.9 Å².